The van der Waals surface area contributed by atoms with Crippen LogP contribution in [0.1, 0.15) is 25.3 Å². The lowest BCUT2D eigenvalue weighted by atomic mass is 9.95. The molecule has 0 aromatic heterocycles. The zero-order valence-corrected chi connectivity index (χ0v) is 14.5. The highest BCUT2D eigenvalue weighted by molar-refractivity contribution is 6.05. The number of morpholine rings is 1. The number of ether oxygens (including phenoxy) is 1. The number of hydrogen-bond acceptors (Lipinski definition) is 5. The zero-order chi connectivity index (χ0) is 17.7. The summed E-state index contributed by atoms with van der Waals surface area (Å²) in [5.74, 6) is -0.522. The molecule has 1 atom stereocenters. The van der Waals surface area contributed by atoms with E-state index in [1.54, 1.807) is 19.1 Å². The number of rotatable bonds is 6. The Morgan fingerprint density at radius 3 is 2.96 bits per heavy atom. The third-order valence-electron chi connectivity index (χ3n) is 4.54. The van der Waals surface area contributed by atoms with E-state index in [0.717, 1.165) is 39.3 Å². The summed E-state index contributed by atoms with van der Waals surface area (Å²) in [5.41, 5.74) is 0.190. The Kier molecular flexibility index (Phi) is 5.65. The first-order valence-electron chi connectivity index (χ1n) is 8.66. The largest absolute Gasteiger partial charge is 0.379 e. The summed E-state index contributed by atoms with van der Waals surface area (Å²) in [6, 6.07) is 6.15. The van der Waals surface area contributed by atoms with Crippen LogP contribution >= 0.6 is 0 Å². The van der Waals surface area contributed by atoms with Crippen molar-refractivity contribution in [2.75, 3.05) is 39.4 Å². The molecule has 0 saturated carbocycles. The quantitative estimate of drug-likeness (QED) is 0.792. The number of nitrogens with zero attached hydrogens (tertiary/aromatic N) is 2. The lowest BCUT2D eigenvalue weighted by molar-refractivity contribution is -0.141. The SMILES string of the molecule is C[C@@]1(C(=O)NCCCN2CCOCC2)CC(c2cccc(F)c2)=NO1. The monoisotopic (exact) mass is 349 g/mol. The highest BCUT2D eigenvalue weighted by Crippen LogP contribution is 2.27. The second kappa shape index (κ2) is 7.93. The number of amides is 1. The number of nitrogens with one attached hydrogen (secondary N) is 1. The average molecular weight is 349 g/mol. The van der Waals surface area contributed by atoms with Crippen LogP contribution in [-0.2, 0) is 14.4 Å². The van der Waals surface area contributed by atoms with Gasteiger partial charge in [-0.25, -0.2) is 4.39 Å². The van der Waals surface area contributed by atoms with Crippen LogP contribution in [0.25, 0.3) is 0 Å². The van der Waals surface area contributed by atoms with Crippen LogP contribution in [0.5, 0.6) is 0 Å². The number of oxime groups is 1. The molecule has 1 saturated heterocycles. The number of halogens is 1. The Balaban J connectivity index is 1.44. The van der Waals surface area contributed by atoms with E-state index in [1.165, 1.54) is 12.1 Å². The fourth-order valence-electron chi connectivity index (χ4n) is 3.00. The first-order valence-corrected chi connectivity index (χ1v) is 8.66. The smallest absolute Gasteiger partial charge is 0.267 e. The van der Waals surface area contributed by atoms with Crippen LogP contribution in [0, 0.1) is 5.82 Å². The van der Waals surface area contributed by atoms with Crippen molar-refractivity contribution < 1.29 is 18.8 Å². The standard InChI is InChI=1S/C18H24FN3O3/c1-18(13-16(21-25-18)14-4-2-5-15(19)12-14)17(23)20-6-3-7-22-8-10-24-11-9-22/h2,4-5,12H,3,6-11,13H2,1H3,(H,20,23)/t18-/m0/s1. The van der Waals surface area contributed by atoms with E-state index in [2.05, 4.69) is 15.4 Å². The van der Waals surface area contributed by atoms with Crippen LogP contribution in [-0.4, -0.2) is 61.5 Å². The van der Waals surface area contributed by atoms with Crippen molar-refractivity contribution in [1.82, 2.24) is 10.2 Å². The Labute approximate surface area is 147 Å². The molecule has 3 rings (SSSR count). The number of carbonyl (C=O) groups excluding carboxylic acids is 1. The van der Waals surface area contributed by atoms with E-state index < -0.39 is 5.60 Å². The van der Waals surface area contributed by atoms with Gasteiger partial charge in [-0.15, -0.1) is 0 Å². The molecule has 1 amide bonds. The number of benzene rings is 1. The van der Waals surface area contributed by atoms with E-state index >= 15 is 0 Å². The van der Waals surface area contributed by atoms with Crippen molar-refractivity contribution in [3.63, 3.8) is 0 Å². The molecule has 136 valence electrons. The number of carbonyl (C=O) groups is 1. The Morgan fingerprint density at radius 2 is 2.20 bits per heavy atom. The molecule has 1 fully saturated rings. The summed E-state index contributed by atoms with van der Waals surface area (Å²) < 4.78 is 18.7. The van der Waals surface area contributed by atoms with Crippen molar-refractivity contribution >= 4 is 11.6 Å². The summed E-state index contributed by atoms with van der Waals surface area (Å²) in [5, 5.41) is 6.91. The third kappa shape index (κ3) is 4.55. The molecule has 1 aromatic carbocycles. The van der Waals surface area contributed by atoms with Gasteiger partial charge in [0, 0.05) is 31.6 Å². The van der Waals surface area contributed by atoms with E-state index in [4.69, 9.17) is 9.57 Å². The summed E-state index contributed by atoms with van der Waals surface area (Å²) in [6.07, 6.45) is 1.20. The van der Waals surface area contributed by atoms with Gasteiger partial charge in [0.05, 0.1) is 18.9 Å². The second-order valence-corrected chi connectivity index (χ2v) is 6.61. The lowest BCUT2D eigenvalue weighted by Crippen LogP contribution is -2.45. The van der Waals surface area contributed by atoms with Crippen LogP contribution in [0.4, 0.5) is 4.39 Å². The molecule has 1 N–H and O–H groups in total. The molecule has 7 heteroatoms. The van der Waals surface area contributed by atoms with E-state index in [1.807, 2.05) is 0 Å². The molecule has 6 nitrogen and oxygen atoms in total. The predicted molar refractivity (Wildman–Crippen MR) is 91.9 cm³/mol. The van der Waals surface area contributed by atoms with Crippen molar-refractivity contribution in [3.8, 4) is 0 Å². The van der Waals surface area contributed by atoms with Crippen molar-refractivity contribution in [2.45, 2.75) is 25.4 Å². The molecule has 0 radical (unpaired) electrons. The highest BCUT2D eigenvalue weighted by atomic mass is 19.1. The molecule has 0 spiro atoms. The average Bonchev–Trinajstić information content (AvgIpc) is 3.03. The zero-order valence-electron chi connectivity index (χ0n) is 14.5. The van der Waals surface area contributed by atoms with Gasteiger partial charge in [0.25, 0.3) is 5.91 Å². The molecule has 2 aliphatic heterocycles. The minimum Gasteiger partial charge on any atom is -0.379 e. The molecule has 0 aliphatic carbocycles. The van der Waals surface area contributed by atoms with Crippen molar-refractivity contribution in [2.24, 2.45) is 5.16 Å². The molecule has 2 aliphatic rings. The van der Waals surface area contributed by atoms with Gasteiger partial charge >= 0.3 is 0 Å². The summed E-state index contributed by atoms with van der Waals surface area (Å²) >= 11 is 0. The van der Waals surface area contributed by atoms with Crippen LogP contribution in [0.2, 0.25) is 0 Å². The molecule has 1 aromatic rings. The molecule has 2 heterocycles. The van der Waals surface area contributed by atoms with E-state index in [9.17, 15) is 9.18 Å². The topological polar surface area (TPSA) is 63.2 Å². The summed E-state index contributed by atoms with van der Waals surface area (Å²) in [7, 11) is 0. The van der Waals surface area contributed by atoms with E-state index in [0.29, 0.717) is 24.2 Å². The van der Waals surface area contributed by atoms with Gasteiger partial charge in [-0.1, -0.05) is 17.3 Å². The Morgan fingerprint density at radius 1 is 1.40 bits per heavy atom. The van der Waals surface area contributed by atoms with E-state index in [-0.39, 0.29) is 11.7 Å². The van der Waals surface area contributed by atoms with Gasteiger partial charge in [-0.05, 0) is 32.0 Å². The molecule has 25 heavy (non-hydrogen) atoms. The molecule has 0 unspecified atom stereocenters. The fourth-order valence-corrected chi connectivity index (χ4v) is 3.00. The second-order valence-electron chi connectivity index (χ2n) is 6.61. The van der Waals surface area contributed by atoms with Crippen molar-refractivity contribution in [3.05, 3.63) is 35.6 Å². The maximum atomic E-state index is 13.3. The van der Waals surface area contributed by atoms with Crippen LogP contribution in [0.15, 0.2) is 29.4 Å². The third-order valence-corrected chi connectivity index (χ3v) is 4.54. The summed E-state index contributed by atoms with van der Waals surface area (Å²) in [4.78, 5) is 20.2. The maximum absolute atomic E-state index is 13.3. The first-order chi connectivity index (χ1) is 12.1. The number of hydrogen-bond donors (Lipinski definition) is 1. The minimum atomic E-state index is -1.04. The van der Waals surface area contributed by atoms with Gasteiger partial charge < -0.3 is 14.9 Å². The normalized spacial score (nSPS) is 23.8. The van der Waals surface area contributed by atoms with Gasteiger partial charge in [-0.3, -0.25) is 9.69 Å². The van der Waals surface area contributed by atoms with Gasteiger partial charge in [0.15, 0.2) is 0 Å². The Hall–Kier alpha value is -1.99. The van der Waals surface area contributed by atoms with Gasteiger partial charge in [-0.2, -0.15) is 0 Å². The fraction of sp³-hybridized carbons (Fsp3) is 0.556. The molecular weight excluding hydrogens is 325 g/mol. The van der Waals surface area contributed by atoms with Crippen LogP contribution in [0.3, 0.4) is 0 Å². The minimum absolute atomic E-state index is 0.190. The summed E-state index contributed by atoms with van der Waals surface area (Å²) in [6.45, 7) is 6.67. The highest BCUT2D eigenvalue weighted by Gasteiger charge is 2.42. The predicted octanol–water partition coefficient (Wildman–Crippen LogP) is 1.55. The lowest BCUT2D eigenvalue weighted by Gasteiger charge is -2.26. The van der Waals surface area contributed by atoms with Crippen LogP contribution < -0.4 is 5.32 Å². The maximum Gasteiger partial charge on any atom is 0.267 e. The van der Waals surface area contributed by atoms with Gasteiger partial charge in [0.2, 0.25) is 5.60 Å². The Bertz CT molecular complexity index is 646. The molecular formula is C18H24FN3O3. The van der Waals surface area contributed by atoms with Crippen molar-refractivity contribution in [1.29, 1.82) is 0 Å². The molecule has 0 bridgehead atoms. The van der Waals surface area contributed by atoms with Gasteiger partial charge in [0.1, 0.15) is 5.82 Å². The first kappa shape index (κ1) is 17.8.